The highest BCUT2D eigenvalue weighted by Gasteiger charge is 2.26. The van der Waals surface area contributed by atoms with E-state index in [1.54, 1.807) is 0 Å². The van der Waals surface area contributed by atoms with Gasteiger partial charge in [-0.15, -0.1) is 0 Å². The Labute approximate surface area is 65.3 Å². The second-order valence-electron chi connectivity index (χ2n) is 2.57. The van der Waals surface area contributed by atoms with Crippen molar-refractivity contribution in [1.29, 1.82) is 0 Å². The summed E-state index contributed by atoms with van der Waals surface area (Å²) in [5, 5.41) is 8.42. The summed E-state index contributed by atoms with van der Waals surface area (Å²) < 4.78 is 4.73. The lowest BCUT2D eigenvalue weighted by molar-refractivity contribution is -0.138. The van der Waals surface area contributed by atoms with Gasteiger partial charge in [0.2, 0.25) is 0 Å². The van der Waals surface area contributed by atoms with Crippen molar-refractivity contribution < 1.29 is 14.6 Å². The van der Waals surface area contributed by atoms with Crippen LogP contribution in [0.25, 0.3) is 0 Å². The molecule has 0 fully saturated rings. The van der Waals surface area contributed by atoms with Gasteiger partial charge in [0.25, 0.3) is 0 Å². The lowest BCUT2D eigenvalue weighted by Gasteiger charge is -2.24. The summed E-state index contributed by atoms with van der Waals surface area (Å²) in [6.45, 7) is 0.267. The Bertz CT molecular complexity index is 140. The van der Waals surface area contributed by atoms with Crippen molar-refractivity contribution in [3.8, 4) is 0 Å². The SMILES string of the molecule is COCC(N)(CN)CC(=O)O. The first-order chi connectivity index (χ1) is 5.04. The second kappa shape index (κ2) is 4.27. The van der Waals surface area contributed by atoms with Crippen LogP contribution in [0.4, 0.5) is 0 Å². The summed E-state index contributed by atoms with van der Waals surface area (Å²) in [4.78, 5) is 10.3. The van der Waals surface area contributed by atoms with Gasteiger partial charge in [0.1, 0.15) is 0 Å². The zero-order chi connectivity index (χ0) is 8.91. The molecule has 11 heavy (non-hydrogen) atoms. The smallest absolute Gasteiger partial charge is 0.305 e. The van der Waals surface area contributed by atoms with Crippen LogP contribution < -0.4 is 11.5 Å². The van der Waals surface area contributed by atoms with E-state index in [4.69, 9.17) is 21.3 Å². The van der Waals surface area contributed by atoms with Gasteiger partial charge in [0, 0.05) is 13.7 Å². The van der Waals surface area contributed by atoms with Gasteiger partial charge in [-0.25, -0.2) is 0 Å². The third-order valence-corrected chi connectivity index (χ3v) is 1.34. The fourth-order valence-corrected chi connectivity index (χ4v) is 0.771. The molecule has 0 bridgehead atoms. The van der Waals surface area contributed by atoms with Crippen LogP contribution >= 0.6 is 0 Å². The van der Waals surface area contributed by atoms with Gasteiger partial charge in [-0.2, -0.15) is 0 Å². The average molecular weight is 162 g/mol. The van der Waals surface area contributed by atoms with Gasteiger partial charge in [0.15, 0.2) is 0 Å². The molecule has 5 heteroatoms. The third kappa shape index (κ3) is 3.92. The molecule has 0 aliphatic carbocycles. The van der Waals surface area contributed by atoms with E-state index in [0.29, 0.717) is 0 Å². The number of carbonyl (C=O) groups is 1. The van der Waals surface area contributed by atoms with Crippen LogP contribution in [-0.4, -0.2) is 36.9 Å². The average Bonchev–Trinajstić information content (AvgIpc) is 1.87. The lowest BCUT2D eigenvalue weighted by Crippen LogP contribution is -2.52. The highest BCUT2D eigenvalue weighted by molar-refractivity contribution is 5.68. The molecule has 0 spiro atoms. The molecule has 0 aromatic rings. The van der Waals surface area contributed by atoms with Crippen LogP contribution in [0, 0.1) is 0 Å². The van der Waals surface area contributed by atoms with Gasteiger partial charge in [-0.1, -0.05) is 0 Å². The van der Waals surface area contributed by atoms with Crippen molar-refractivity contribution in [3.05, 3.63) is 0 Å². The standard InChI is InChI=1S/C6H14N2O3/c1-11-4-6(8,3-7)2-5(9)10/h2-4,7-8H2,1H3,(H,9,10). The van der Waals surface area contributed by atoms with Crippen LogP contribution in [-0.2, 0) is 9.53 Å². The Morgan fingerprint density at radius 3 is 2.55 bits per heavy atom. The highest BCUT2D eigenvalue weighted by atomic mass is 16.5. The summed E-state index contributed by atoms with van der Waals surface area (Å²) in [6, 6.07) is 0. The van der Waals surface area contributed by atoms with E-state index in [1.807, 2.05) is 0 Å². The van der Waals surface area contributed by atoms with Gasteiger partial charge < -0.3 is 21.3 Å². The van der Waals surface area contributed by atoms with E-state index < -0.39 is 11.5 Å². The molecule has 0 aliphatic heterocycles. The van der Waals surface area contributed by atoms with Crippen LogP contribution in [0.5, 0.6) is 0 Å². The van der Waals surface area contributed by atoms with E-state index in [2.05, 4.69) is 0 Å². The molecule has 0 rings (SSSR count). The van der Waals surface area contributed by atoms with Crippen molar-refractivity contribution in [2.75, 3.05) is 20.3 Å². The summed E-state index contributed by atoms with van der Waals surface area (Å²) in [5.74, 6) is -0.963. The van der Waals surface area contributed by atoms with Gasteiger partial charge >= 0.3 is 5.97 Å². The maximum atomic E-state index is 10.3. The molecule has 0 aromatic heterocycles. The minimum atomic E-state index is -0.963. The molecule has 0 amide bonds. The molecule has 0 heterocycles. The number of hydrogen-bond donors (Lipinski definition) is 3. The highest BCUT2D eigenvalue weighted by Crippen LogP contribution is 2.04. The fourth-order valence-electron chi connectivity index (χ4n) is 0.771. The van der Waals surface area contributed by atoms with Crippen molar-refractivity contribution >= 4 is 5.97 Å². The first-order valence-corrected chi connectivity index (χ1v) is 3.24. The van der Waals surface area contributed by atoms with Gasteiger partial charge in [0.05, 0.1) is 18.6 Å². The summed E-state index contributed by atoms with van der Waals surface area (Å²) in [5.41, 5.74) is 9.92. The first kappa shape index (κ1) is 10.3. The zero-order valence-electron chi connectivity index (χ0n) is 6.54. The van der Waals surface area contributed by atoms with E-state index >= 15 is 0 Å². The maximum absolute atomic E-state index is 10.3. The molecule has 0 saturated carbocycles. The minimum absolute atomic E-state index is 0.104. The van der Waals surface area contributed by atoms with Crippen molar-refractivity contribution in [2.24, 2.45) is 11.5 Å². The zero-order valence-corrected chi connectivity index (χ0v) is 6.54. The second-order valence-corrected chi connectivity index (χ2v) is 2.57. The number of methoxy groups -OCH3 is 1. The summed E-state index contributed by atoms with van der Waals surface area (Å²) in [6.07, 6.45) is -0.169. The summed E-state index contributed by atoms with van der Waals surface area (Å²) >= 11 is 0. The number of ether oxygens (including phenoxy) is 1. The lowest BCUT2D eigenvalue weighted by atomic mass is 9.98. The van der Waals surface area contributed by atoms with E-state index in [9.17, 15) is 4.79 Å². The van der Waals surface area contributed by atoms with Crippen molar-refractivity contribution in [3.63, 3.8) is 0 Å². The molecule has 66 valence electrons. The molecular formula is C6H14N2O3. The van der Waals surface area contributed by atoms with Crippen LogP contribution in [0.2, 0.25) is 0 Å². The predicted molar refractivity (Wildman–Crippen MR) is 40.1 cm³/mol. The Hall–Kier alpha value is -0.650. The number of aliphatic carboxylic acids is 1. The van der Waals surface area contributed by atoms with Gasteiger partial charge in [-0.3, -0.25) is 4.79 Å². The van der Waals surface area contributed by atoms with Crippen molar-refractivity contribution in [2.45, 2.75) is 12.0 Å². The van der Waals surface area contributed by atoms with E-state index in [-0.39, 0.29) is 19.6 Å². The maximum Gasteiger partial charge on any atom is 0.305 e. The Morgan fingerprint density at radius 2 is 2.27 bits per heavy atom. The molecule has 5 nitrogen and oxygen atoms in total. The van der Waals surface area contributed by atoms with E-state index in [1.165, 1.54) is 7.11 Å². The fraction of sp³-hybridized carbons (Fsp3) is 0.833. The molecule has 1 unspecified atom stereocenters. The third-order valence-electron chi connectivity index (χ3n) is 1.34. The minimum Gasteiger partial charge on any atom is -0.481 e. The number of nitrogens with two attached hydrogens (primary N) is 2. The van der Waals surface area contributed by atoms with Crippen LogP contribution in [0.1, 0.15) is 6.42 Å². The Kier molecular flexibility index (Phi) is 4.02. The number of carboxylic acid groups (broad SMARTS) is 1. The van der Waals surface area contributed by atoms with Crippen LogP contribution in [0.3, 0.4) is 0 Å². The molecule has 5 N–H and O–H groups in total. The molecule has 0 aromatic carbocycles. The Balaban J connectivity index is 3.98. The normalized spacial score (nSPS) is 15.9. The van der Waals surface area contributed by atoms with Gasteiger partial charge in [-0.05, 0) is 0 Å². The first-order valence-electron chi connectivity index (χ1n) is 3.24. The molecule has 0 aliphatic rings. The number of rotatable bonds is 5. The molecule has 1 atom stereocenters. The van der Waals surface area contributed by atoms with E-state index in [0.717, 1.165) is 0 Å². The monoisotopic (exact) mass is 162 g/mol. The number of carboxylic acids is 1. The predicted octanol–water partition coefficient (Wildman–Crippen LogP) is -1.24. The quantitative estimate of drug-likeness (QED) is 0.470. The summed E-state index contributed by atoms with van der Waals surface area (Å²) in [7, 11) is 1.46. The van der Waals surface area contributed by atoms with Crippen LogP contribution in [0.15, 0.2) is 0 Å². The molecule has 0 radical (unpaired) electrons. The number of hydrogen-bond acceptors (Lipinski definition) is 4. The molecule has 0 saturated heterocycles. The largest absolute Gasteiger partial charge is 0.481 e. The van der Waals surface area contributed by atoms with Crippen molar-refractivity contribution in [1.82, 2.24) is 0 Å². The Morgan fingerprint density at radius 1 is 1.73 bits per heavy atom. The topological polar surface area (TPSA) is 98.6 Å². The molecular weight excluding hydrogens is 148 g/mol.